The molecule has 1 aromatic carbocycles. The van der Waals surface area contributed by atoms with Crippen LogP contribution in [-0.2, 0) is 0 Å². The molecule has 2 unspecified atom stereocenters. The molecule has 2 aliphatic carbocycles. The fourth-order valence-electron chi connectivity index (χ4n) is 4.21. The largest absolute Gasteiger partial charge is 0.346 e. The Hall–Kier alpha value is -2.31. The Bertz CT molecular complexity index is 890. The molecule has 1 heterocycles. The highest BCUT2D eigenvalue weighted by Gasteiger charge is 2.45. The Morgan fingerprint density at radius 3 is 2.38 bits per heavy atom. The molecule has 0 saturated heterocycles. The highest BCUT2D eigenvalue weighted by atomic mass is 19.1. The van der Waals surface area contributed by atoms with Crippen molar-refractivity contribution >= 4 is 5.91 Å². The van der Waals surface area contributed by atoms with Crippen molar-refractivity contribution in [2.45, 2.75) is 57.4 Å². The molecule has 4 rings (SSSR count). The minimum atomic E-state index is -1.03. The normalized spacial score (nSPS) is 21.2. The van der Waals surface area contributed by atoms with Crippen molar-refractivity contribution in [3.05, 3.63) is 46.5 Å². The third-order valence-corrected chi connectivity index (χ3v) is 5.08. The predicted octanol–water partition coefficient (Wildman–Crippen LogP) is 4.18. The molecule has 4 nitrogen and oxygen atoms in total. The molecular formula is C19H20F3N3O. The van der Waals surface area contributed by atoms with Crippen LogP contribution < -0.4 is 5.32 Å². The van der Waals surface area contributed by atoms with Crippen LogP contribution >= 0.6 is 0 Å². The summed E-state index contributed by atoms with van der Waals surface area (Å²) in [6, 6.07) is 1.27. The van der Waals surface area contributed by atoms with E-state index in [1.165, 1.54) is 4.68 Å². The van der Waals surface area contributed by atoms with Gasteiger partial charge in [-0.2, -0.15) is 5.10 Å². The second-order valence-corrected chi connectivity index (χ2v) is 8.19. The van der Waals surface area contributed by atoms with Crippen LogP contribution in [0.3, 0.4) is 0 Å². The van der Waals surface area contributed by atoms with Crippen molar-refractivity contribution in [2.75, 3.05) is 0 Å². The third kappa shape index (κ3) is 2.61. The summed E-state index contributed by atoms with van der Waals surface area (Å²) in [7, 11) is 0. The van der Waals surface area contributed by atoms with E-state index in [1.54, 1.807) is 0 Å². The molecule has 1 N–H and O–H groups in total. The molecule has 1 saturated carbocycles. The lowest BCUT2D eigenvalue weighted by Gasteiger charge is -2.20. The summed E-state index contributed by atoms with van der Waals surface area (Å²) in [6.45, 7) is 5.56. The fraction of sp³-hybridized carbons (Fsp3) is 0.474. The zero-order valence-corrected chi connectivity index (χ0v) is 14.9. The Balaban J connectivity index is 1.90. The second kappa shape index (κ2) is 5.59. The highest BCUT2D eigenvalue weighted by Crippen LogP contribution is 2.54. The number of amides is 1. The van der Waals surface area contributed by atoms with Crippen LogP contribution in [0.25, 0.3) is 5.69 Å². The highest BCUT2D eigenvalue weighted by molar-refractivity contribution is 5.95. The van der Waals surface area contributed by atoms with Crippen LogP contribution in [0.5, 0.6) is 0 Å². The number of aromatic nitrogens is 2. The van der Waals surface area contributed by atoms with Crippen molar-refractivity contribution < 1.29 is 18.0 Å². The molecule has 2 bridgehead atoms. The number of nitrogens with zero attached hydrogens (tertiary/aromatic N) is 2. The number of hydrogen-bond donors (Lipinski definition) is 1. The van der Waals surface area contributed by atoms with Gasteiger partial charge in [-0.3, -0.25) is 4.79 Å². The van der Waals surface area contributed by atoms with Crippen molar-refractivity contribution in [2.24, 2.45) is 0 Å². The van der Waals surface area contributed by atoms with Gasteiger partial charge in [-0.05, 0) is 46.0 Å². The molecule has 0 radical (unpaired) electrons. The topological polar surface area (TPSA) is 46.9 Å². The molecule has 2 aromatic rings. The SMILES string of the molecule is CC(C)(C)NC(=O)c1nn(-c2c(F)cc(F)cc2F)c2c1C1CCC2C1. The van der Waals surface area contributed by atoms with Gasteiger partial charge in [0.05, 0.1) is 5.69 Å². The molecular weight excluding hydrogens is 343 g/mol. The van der Waals surface area contributed by atoms with Gasteiger partial charge in [0, 0.05) is 29.2 Å². The summed E-state index contributed by atoms with van der Waals surface area (Å²) in [5.41, 5.74) is 0.795. The molecule has 0 spiro atoms. The second-order valence-electron chi connectivity index (χ2n) is 8.19. The van der Waals surface area contributed by atoms with E-state index >= 15 is 0 Å². The van der Waals surface area contributed by atoms with E-state index in [9.17, 15) is 18.0 Å². The molecule has 1 fully saturated rings. The van der Waals surface area contributed by atoms with E-state index in [4.69, 9.17) is 0 Å². The predicted molar refractivity (Wildman–Crippen MR) is 90.0 cm³/mol. The van der Waals surface area contributed by atoms with Gasteiger partial charge in [0.1, 0.15) is 11.5 Å². The van der Waals surface area contributed by atoms with E-state index in [1.807, 2.05) is 20.8 Å². The molecule has 26 heavy (non-hydrogen) atoms. The van der Waals surface area contributed by atoms with Crippen LogP contribution in [0, 0.1) is 17.5 Å². The van der Waals surface area contributed by atoms with Crippen LogP contribution in [0.2, 0.25) is 0 Å². The summed E-state index contributed by atoms with van der Waals surface area (Å²) in [5.74, 6) is -3.11. The molecule has 138 valence electrons. The number of halogens is 3. The fourth-order valence-corrected chi connectivity index (χ4v) is 4.21. The van der Waals surface area contributed by atoms with Crippen LogP contribution in [-0.4, -0.2) is 21.2 Å². The first-order valence-electron chi connectivity index (χ1n) is 8.76. The maximum atomic E-state index is 14.3. The quantitative estimate of drug-likeness (QED) is 0.870. The Morgan fingerprint density at radius 2 is 1.77 bits per heavy atom. The van der Waals surface area contributed by atoms with E-state index in [2.05, 4.69) is 10.4 Å². The Kier molecular flexibility index (Phi) is 3.68. The molecule has 7 heteroatoms. The van der Waals surface area contributed by atoms with Crippen molar-refractivity contribution in [1.82, 2.24) is 15.1 Å². The number of rotatable bonds is 2. The molecule has 2 aliphatic rings. The van der Waals surface area contributed by atoms with Gasteiger partial charge in [0.25, 0.3) is 5.91 Å². The van der Waals surface area contributed by atoms with E-state index < -0.39 is 28.7 Å². The van der Waals surface area contributed by atoms with Gasteiger partial charge in [-0.15, -0.1) is 0 Å². The van der Waals surface area contributed by atoms with Crippen LogP contribution in [0.1, 0.15) is 73.6 Å². The van der Waals surface area contributed by atoms with Gasteiger partial charge >= 0.3 is 0 Å². The first-order valence-corrected chi connectivity index (χ1v) is 8.76. The molecule has 2 atom stereocenters. The summed E-state index contributed by atoms with van der Waals surface area (Å²) >= 11 is 0. The van der Waals surface area contributed by atoms with Gasteiger partial charge < -0.3 is 5.32 Å². The molecule has 1 aromatic heterocycles. The van der Waals surface area contributed by atoms with Crippen molar-refractivity contribution in [3.63, 3.8) is 0 Å². The number of carbonyl (C=O) groups excluding carboxylic acids is 1. The summed E-state index contributed by atoms with van der Waals surface area (Å²) < 4.78 is 43.2. The number of fused-ring (bicyclic) bond motifs is 5. The van der Waals surface area contributed by atoms with Gasteiger partial charge in [0.2, 0.25) is 0 Å². The van der Waals surface area contributed by atoms with Crippen LogP contribution in [0.4, 0.5) is 13.2 Å². The first-order chi connectivity index (χ1) is 12.2. The Morgan fingerprint density at radius 1 is 1.15 bits per heavy atom. The minimum absolute atomic E-state index is 0.113. The Labute approximate surface area is 149 Å². The first kappa shape index (κ1) is 17.1. The van der Waals surface area contributed by atoms with Gasteiger partial charge in [-0.1, -0.05) is 0 Å². The monoisotopic (exact) mass is 363 g/mol. The molecule has 0 aliphatic heterocycles. The zero-order chi connectivity index (χ0) is 18.8. The number of nitrogens with one attached hydrogen (secondary N) is 1. The zero-order valence-electron chi connectivity index (χ0n) is 14.9. The lowest BCUT2D eigenvalue weighted by molar-refractivity contribution is 0.0912. The lowest BCUT2D eigenvalue weighted by Crippen LogP contribution is -2.41. The summed E-state index contributed by atoms with van der Waals surface area (Å²) in [6.07, 6.45) is 2.69. The van der Waals surface area contributed by atoms with E-state index in [0.717, 1.165) is 24.8 Å². The van der Waals surface area contributed by atoms with Gasteiger partial charge in [0.15, 0.2) is 17.3 Å². The van der Waals surface area contributed by atoms with E-state index in [0.29, 0.717) is 17.8 Å². The maximum absolute atomic E-state index is 14.3. The van der Waals surface area contributed by atoms with Crippen molar-refractivity contribution in [3.8, 4) is 5.69 Å². The van der Waals surface area contributed by atoms with E-state index in [-0.39, 0.29) is 23.4 Å². The number of hydrogen-bond acceptors (Lipinski definition) is 2. The average molecular weight is 363 g/mol. The number of benzene rings is 1. The summed E-state index contributed by atoms with van der Waals surface area (Å²) in [5, 5.41) is 7.15. The smallest absolute Gasteiger partial charge is 0.272 e. The minimum Gasteiger partial charge on any atom is -0.346 e. The van der Waals surface area contributed by atoms with Crippen LogP contribution in [0.15, 0.2) is 12.1 Å². The van der Waals surface area contributed by atoms with Gasteiger partial charge in [-0.25, -0.2) is 17.9 Å². The third-order valence-electron chi connectivity index (χ3n) is 5.08. The number of carbonyl (C=O) groups is 1. The maximum Gasteiger partial charge on any atom is 0.272 e. The summed E-state index contributed by atoms with van der Waals surface area (Å²) in [4.78, 5) is 12.7. The average Bonchev–Trinajstić information content (AvgIpc) is 3.16. The lowest BCUT2D eigenvalue weighted by atomic mass is 9.94. The van der Waals surface area contributed by atoms with Crippen molar-refractivity contribution in [1.29, 1.82) is 0 Å². The standard InChI is InChI=1S/C19H20F3N3O/c1-19(2,3)23-18(26)15-14-9-4-5-10(6-9)16(14)25(24-15)17-12(21)7-11(20)8-13(17)22/h7-10H,4-6H2,1-3H3,(H,23,26). The molecule has 1 amide bonds.